The van der Waals surface area contributed by atoms with Crippen molar-refractivity contribution in [2.24, 2.45) is 4.99 Å². The van der Waals surface area contributed by atoms with Gasteiger partial charge >= 0.3 is 0 Å². The molecule has 5 nitrogen and oxygen atoms in total. The van der Waals surface area contributed by atoms with Crippen LogP contribution in [0, 0.1) is 13.8 Å². The number of benzene rings is 1. The molecule has 6 heteroatoms. The second kappa shape index (κ2) is 8.53. The summed E-state index contributed by atoms with van der Waals surface area (Å²) in [5, 5.41) is 7.63. The molecule has 0 unspecified atom stereocenters. The second-order valence-electron chi connectivity index (χ2n) is 5.23. The van der Waals surface area contributed by atoms with Gasteiger partial charge in [-0.2, -0.15) is 0 Å². The van der Waals surface area contributed by atoms with Gasteiger partial charge in [0.25, 0.3) is 0 Å². The van der Waals surface area contributed by atoms with Gasteiger partial charge < -0.3 is 15.4 Å². The van der Waals surface area contributed by atoms with Crippen LogP contribution in [0.4, 0.5) is 0 Å². The van der Waals surface area contributed by atoms with Gasteiger partial charge in [-0.05, 0) is 32.4 Å². The summed E-state index contributed by atoms with van der Waals surface area (Å²) in [6.07, 6.45) is 1.89. The molecule has 2 rings (SSSR count). The molecule has 0 spiro atoms. The molecular weight excluding hydrogens is 308 g/mol. The van der Waals surface area contributed by atoms with E-state index in [-0.39, 0.29) is 0 Å². The highest BCUT2D eigenvalue weighted by molar-refractivity contribution is 7.11. The number of guanidine groups is 1. The molecule has 0 saturated carbocycles. The van der Waals surface area contributed by atoms with E-state index in [1.807, 2.05) is 12.3 Å². The highest BCUT2D eigenvalue weighted by Gasteiger charge is 2.05. The first-order valence-electron chi connectivity index (χ1n) is 7.69. The minimum Gasteiger partial charge on any atom is -0.496 e. The number of hydrogen-bond donors (Lipinski definition) is 2. The zero-order valence-corrected chi connectivity index (χ0v) is 15.0. The van der Waals surface area contributed by atoms with Gasteiger partial charge in [0.1, 0.15) is 10.8 Å². The van der Waals surface area contributed by atoms with E-state index in [0.717, 1.165) is 28.8 Å². The molecule has 0 radical (unpaired) electrons. The Morgan fingerprint density at radius 2 is 2.13 bits per heavy atom. The molecule has 23 heavy (non-hydrogen) atoms. The minimum atomic E-state index is 0.565. The molecule has 0 bridgehead atoms. The van der Waals surface area contributed by atoms with Crippen molar-refractivity contribution < 1.29 is 4.74 Å². The first-order valence-corrected chi connectivity index (χ1v) is 8.51. The Kier molecular flexibility index (Phi) is 6.40. The maximum absolute atomic E-state index is 5.43. The van der Waals surface area contributed by atoms with Crippen molar-refractivity contribution in [3.8, 4) is 5.75 Å². The second-order valence-corrected chi connectivity index (χ2v) is 6.55. The maximum Gasteiger partial charge on any atom is 0.191 e. The Hall–Kier alpha value is -2.08. The molecule has 2 aromatic rings. The van der Waals surface area contributed by atoms with E-state index in [9.17, 15) is 0 Å². The number of aliphatic imine (C=N–C) groups is 1. The van der Waals surface area contributed by atoms with Crippen LogP contribution in [0.3, 0.4) is 0 Å². The number of nitrogens with zero attached hydrogens (tertiary/aromatic N) is 2. The quantitative estimate of drug-likeness (QED) is 0.631. The van der Waals surface area contributed by atoms with Crippen LogP contribution in [0.2, 0.25) is 0 Å². The lowest BCUT2D eigenvalue weighted by Crippen LogP contribution is -2.36. The minimum absolute atomic E-state index is 0.565. The fraction of sp³-hybridized carbons (Fsp3) is 0.412. The van der Waals surface area contributed by atoms with E-state index >= 15 is 0 Å². The van der Waals surface area contributed by atoms with Gasteiger partial charge in [0.05, 0.1) is 20.2 Å². The highest BCUT2D eigenvalue weighted by Crippen LogP contribution is 2.20. The average Bonchev–Trinajstić information content (AvgIpc) is 2.96. The van der Waals surface area contributed by atoms with E-state index < -0.39 is 0 Å². The summed E-state index contributed by atoms with van der Waals surface area (Å²) in [6, 6.07) is 6.17. The zero-order valence-electron chi connectivity index (χ0n) is 14.1. The fourth-order valence-electron chi connectivity index (χ4n) is 2.13. The first kappa shape index (κ1) is 17.3. The van der Waals surface area contributed by atoms with Crippen LogP contribution in [0.25, 0.3) is 0 Å². The van der Waals surface area contributed by atoms with Crippen molar-refractivity contribution in [1.29, 1.82) is 0 Å². The number of aromatic nitrogens is 1. The molecule has 0 saturated heterocycles. The Labute approximate surface area is 141 Å². The van der Waals surface area contributed by atoms with Gasteiger partial charge in [-0.3, -0.25) is 0 Å². The zero-order chi connectivity index (χ0) is 16.7. The third-order valence-corrected chi connectivity index (χ3v) is 4.18. The van der Waals surface area contributed by atoms with E-state index in [4.69, 9.17) is 4.74 Å². The largest absolute Gasteiger partial charge is 0.496 e. The third-order valence-electron chi connectivity index (χ3n) is 3.27. The summed E-state index contributed by atoms with van der Waals surface area (Å²) in [5.74, 6) is 1.66. The molecule has 1 aromatic carbocycles. The Morgan fingerprint density at radius 3 is 2.78 bits per heavy atom. The van der Waals surface area contributed by atoms with Crippen LogP contribution in [0.1, 0.15) is 27.9 Å². The summed E-state index contributed by atoms with van der Waals surface area (Å²) < 4.78 is 5.43. The van der Waals surface area contributed by atoms with Crippen LogP contribution >= 0.6 is 11.3 Å². The topological polar surface area (TPSA) is 58.5 Å². The van der Waals surface area contributed by atoms with Crippen molar-refractivity contribution in [2.75, 3.05) is 13.7 Å². The standard InChI is InChI=1S/C17H24N4OS/c1-5-18-17(21-11-16-19-9-13(3)23-16)20-10-14-7-6-12(2)8-15(14)22-4/h6-9H,5,10-11H2,1-4H3,(H2,18,20,21). The Morgan fingerprint density at radius 1 is 1.30 bits per heavy atom. The predicted octanol–water partition coefficient (Wildman–Crippen LogP) is 3.02. The Bertz CT molecular complexity index is 666. The predicted molar refractivity (Wildman–Crippen MR) is 96.2 cm³/mol. The normalized spacial score (nSPS) is 11.4. The lowest BCUT2D eigenvalue weighted by atomic mass is 10.1. The van der Waals surface area contributed by atoms with Gasteiger partial charge in [-0.15, -0.1) is 11.3 Å². The third kappa shape index (κ3) is 5.25. The molecule has 0 aliphatic heterocycles. The Balaban J connectivity index is 2.03. The van der Waals surface area contributed by atoms with Crippen LogP contribution < -0.4 is 15.4 Å². The number of ether oxygens (including phenoxy) is 1. The number of nitrogens with one attached hydrogen (secondary N) is 2. The van der Waals surface area contributed by atoms with Gasteiger partial charge in [-0.1, -0.05) is 12.1 Å². The van der Waals surface area contributed by atoms with Crippen molar-refractivity contribution in [1.82, 2.24) is 15.6 Å². The first-order chi connectivity index (χ1) is 11.1. The molecule has 0 aliphatic carbocycles. The average molecular weight is 332 g/mol. The maximum atomic E-state index is 5.43. The highest BCUT2D eigenvalue weighted by atomic mass is 32.1. The van der Waals surface area contributed by atoms with Crippen LogP contribution in [-0.2, 0) is 13.1 Å². The van der Waals surface area contributed by atoms with Gasteiger partial charge in [0.15, 0.2) is 5.96 Å². The van der Waals surface area contributed by atoms with Crippen molar-refractivity contribution >= 4 is 17.3 Å². The monoisotopic (exact) mass is 332 g/mol. The summed E-state index contributed by atoms with van der Waals surface area (Å²) in [6.45, 7) is 8.22. The lowest BCUT2D eigenvalue weighted by Gasteiger charge is -2.11. The van der Waals surface area contributed by atoms with Gasteiger partial charge in [0, 0.05) is 23.2 Å². The summed E-state index contributed by atoms with van der Waals surface area (Å²) in [7, 11) is 1.69. The smallest absolute Gasteiger partial charge is 0.191 e. The van der Waals surface area contributed by atoms with Crippen LogP contribution in [0.5, 0.6) is 5.75 Å². The van der Waals surface area contributed by atoms with Gasteiger partial charge in [-0.25, -0.2) is 9.98 Å². The summed E-state index contributed by atoms with van der Waals surface area (Å²) in [4.78, 5) is 10.2. The van der Waals surface area contributed by atoms with E-state index in [0.29, 0.717) is 13.1 Å². The number of thiazole rings is 1. The SMILES string of the molecule is CCNC(=NCc1ccc(C)cc1OC)NCc1ncc(C)s1. The number of methoxy groups -OCH3 is 1. The molecular formula is C17H24N4OS. The van der Waals surface area contributed by atoms with Crippen LogP contribution in [-0.4, -0.2) is 24.6 Å². The van der Waals surface area contributed by atoms with Crippen LogP contribution in [0.15, 0.2) is 29.4 Å². The van der Waals surface area contributed by atoms with Crippen molar-refractivity contribution in [3.05, 3.63) is 45.4 Å². The molecule has 0 aliphatic rings. The number of aryl methyl sites for hydroxylation is 2. The van der Waals surface area contributed by atoms with Gasteiger partial charge in [0.2, 0.25) is 0 Å². The number of rotatable bonds is 6. The number of hydrogen-bond acceptors (Lipinski definition) is 4. The fourth-order valence-corrected chi connectivity index (χ4v) is 2.86. The van der Waals surface area contributed by atoms with E-state index in [1.54, 1.807) is 18.4 Å². The molecule has 124 valence electrons. The summed E-state index contributed by atoms with van der Waals surface area (Å²) >= 11 is 1.69. The molecule has 0 amide bonds. The van der Waals surface area contributed by atoms with E-state index in [2.05, 4.69) is 53.5 Å². The molecule has 1 aromatic heterocycles. The van der Waals surface area contributed by atoms with E-state index in [1.165, 1.54) is 10.4 Å². The molecule has 1 heterocycles. The van der Waals surface area contributed by atoms with Crippen molar-refractivity contribution in [2.45, 2.75) is 33.9 Å². The molecule has 0 atom stereocenters. The molecule has 2 N–H and O–H groups in total. The van der Waals surface area contributed by atoms with Crippen molar-refractivity contribution in [3.63, 3.8) is 0 Å². The lowest BCUT2D eigenvalue weighted by molar-refractivity contribution is 0.409. The summed E-state index contributed by atoms with van der Waals surface area (Å²) in [5.41, 5.74) is 2.25. The molecule has 0 fully saturated rings.